The largest absolute Gasteiger partial charge is 0.326 e. The molecular formula is C10H8BrClN2S. The van der Waals surface area contributed by atoms with Gasteiger partial charge >= 0.3 is 0 Å². The third-order valence-electron chi connectivity index (χ3n) is 1.91. The topological polar surface area (TPSA) is 38.9 Å². The summed E-state index contributed by atoms with van der Waals surface area (Å²) >= 11 is 10.9. The molecule has 0 spiro atoms. The van der Waals surface area contributed by atoms with Crippen molar-refractivity contribution >= 4 is 38.9 Å². The quantitative estimate of drug-likeness (QED) is 0.919. The van der Waals surface area contributed by atoms with Crippen molar-refractivity contribution in [3.8, 4) is 10.6 Å². The highest BCUT2D eigenvalue weighted by Crippen LogP contribution is 2.31. The molecule has 0 unspecified atom stereocenters. The molecule has 0 saturated heterocycles. The van der Waals surface area contributed by atoms with Gasteiger partial charge in [0, 0.05) is 17.1 Å². The minimum atomic E-state index is 0.499. The first-order valence-electron chi connectivity index (χ1n) is 4.32. The van der Waals surface area contributed by atoms with Gasteiger partial charge in [0.15, 0.2) is 0 Å². The van der Waals surface area contributed by atoms with Gasteiger partial charge in [0.2, 0.25) is 0 Å². The van der Waals surface area contributed by atoms with Crippen molar-refractivity contribution < 1.29 is 0 Å². The molecule has 2 aromatic rings. The van der Waals surface area contributed by atoms with E-state index >= 15 is 0 Å². The Hall–Kier alpha value is -0.420. The van der Waals surface area contributed by atoms with Gasteiger partial charge in [-0.2, -0.15) is 0 Å². The van der Waals surface area contributed by atoms with Crippen molar-refractivity contribution in [2.24, 2.45) is 5.73 Å². The fourth-order valence-corrected chi connectivity index (χ4v) is 2.92. The van der Waals surface area contributed by atoms with Crippen LogP contribution >= 0.6 is 38.9 Å². The fraction of sp³-hybridized carbons (Fsp3) is 0.100. The SMILES string of the molecule is NCc1sc(-c2cccc(Cl)c2)nc1Br. The van der Waals surface area contributed by atoms with E-state index in [4.69, 9.17) is 17.3 Å². The average molecular weight is 304 g/mol. The molecule has 0 fully saturated rings. The Morgan fingerprint density at radius 1 is 1.47 bits per heavy atom. The molecule has 1 aromatic heterocycles. The second-order valence-corrected chi connectivity index (χ2v) is 5.22. The summed E-state index contributed by atoms with van der Waals surface area (Å²) in [5, 5.41) is 1.65. The van der Waals surface area contributed by atoms with Gasteiger partial charge < -0.3 is 5.73 Å². The molecule has 0 aliphatic heterocycles. The van der Waals surface area contributed by atoms with E-state index in [1.165, 1.54) is 0 Å². The molecule has 0 radical (unpaired) electrons. The summed E-state index contributed by atoms with van der Waals surface area (Å²) in [6.45, 7) is 0.499. The smallest absolute Gasteiger partial charge is 0.125 e. The van der Waals surface area contributed by atoms with E-state index in [-0.39, 0.29) is 0 Å². The number of aromatic nitrogens is 1. The van der Waals surface area contributed by atoms with Gasteiger partial charge in [0.1, 0.15) is 9.61 Å². The van der Waals surface area contributed by atoms with Crippen LogP contribution in [0.15, 0.2) is 28.9 Å². The first kappa shape index (κ1) is 11.1. The predicted molar refractivity (Wildman–Crippen MR) is 68.2 cm³/mol. The Morgan fingerprint density at radius 3 is 2.87 bits per heavy atom. The van der Waals surface area contributed by atoms with Gasteiger partial charge in [0.25, 0.3) is 0 Å². The molecule has 5 heteroatoms. The third-order valence-corrected chi connectivity index (χ3v) is 4.19. The van der Waals surface area contributed by atoms with E-state index < -0.39 is 0 Å². The zero-order chi connectivity index (χ0) is 10.8. The van der Waals surface area contributed by atoms with Gasteiger partial charge in [-0.15, -0.1) is 11.3 Å². The summed E-state index contributed by atoms with van der Waals surface area (Å²) in [5.74, 6) is 0. The maximum Gasteiger partial charge on any atom is 0.125 e. The van der Waals surface area contributed by atoms with E-state index in [2.05, 4.69) is 20.9 Å². The summed E-state index contributed by atoms with van der Waals surface area (Å²) < 4.78 is 0.824. The third kappa shape index (κ3) is 2.39. The van der Waals surface area contributed by atoms with Crippen LogP contribution in [0.3, 0.4) is 0 Å². The molecule has 0 amide bonds. The number of nitrogens with two attached hydrogens (primary N) is 1. The van der Waals surface area contributed by atoms with Crippen LogP contribution in [0, 0.1) is 0 Å². The number of benzene rings is 1. The second-order valence-electron chi connectivity index (χ2n) is 2.95. The monoisotopic (exact) mass is 302 g/mol. The van der Waals surface area contributed by atoms with Crippen molar-refractivity contribution in [1.82, 2.24) is 4.98 Å². The highest BCUT2D eigenvalue weighted by Gasteiger charge is 2.09. The lowest BCUT2D eigenvalue weighted by atomic mass is 10.2. The number of thiazole rings is 1. The van der Waals surface area contributed by atoms with Crippen LogP contribution in [0.1, 0.15) is 4.88 Å². The Balaban J connectivity index is 2.45. The lowest BCUT2D eigenvalue weighted by molar-refractivity contribution is 1.08. The Morgan fingerprint density at radius 2 is 2.27 bits per heavy atom. The van der Waals surface area contributed by atoms with E-state index in [0.29, 0.717) is 11.6 Å². The van der Waals surface area contributed by atoms with Crippen molar-refractivity contribution in [3.63, 3.8) is 0 Å². The van der Waals surface area contributed by atoms with Gasteiger partial charge in [-0.05, 0) is 28.1 Å². The molecular weight excluding hydrogens is 296 g/mol. The van der Waals surface area contributed by atoms with E-state index in [9.17, 15) is 0 Å². The maximum atomic E-state index is 5.92. The molecule has 0 bridgehead atoms. The molecule has 0 aliphatic carbocycles. The zero-order valence-corrected chi connectivity index (χ0v) is 10.9. The highest BCUT2D eigenvalue weighted by atomic mass is 79.9. The molecule has 0 aliphatic rings. The van der Waals surface area contributed by atoms with Crippen molar-refractivity contribution in [2.45, 2.75) is 6.54 Å². The predicted octanol–water partition coefficient (Wildman–Crippen LogP) is 3.68. The lowest BCUT2D eigenvalue weighted by Gasteiger charge is -1.95. The van der Waals surface area contributed by atoms with Crippen LogP contribution in [0.2, 0.25) is 5.02 Å². The standard InChI is InChI=1S/C10H8BrClN2S/c11-9-8(5-13)15-10(14-9)6-2-1-3-7(12)4-6/h1-4H,5,13H2. The molecule has 1 heterocycles. The normalized spacial score (nSPS) is 10.6. The van der Waals surface area contributed by atoms with Crippen LogP contribution in [0.4, 0.5) is 0 Å². The van der Waals surface area contributed by atoms with Crippen LogP contribution in [0.5, 0.6) is 0 Å². The number of rotatable bonds is 2. The average Bonchev–Trinajstić information content (AvgIpc) is 2.60. The Bertz CT molecular complexity index is 484. The number of hydrogen-bond acceptors (Lipinski definition) is 3. The van der Waals surface area contributed by atoms with Crippen LogP contribution in [0.25, 0.3) is 10.6 Å². The molecule has 1 aromatic carbocycles. The number of hydrogen-bond donors (Lipinski definition) is 1. The fourth-order valence-electron chi connectivity index (χ4n) is 1.20. The lowest BCUT2D eigenvalue weighted by Crippen LogP contribution is -1.92. The van der Waals surface area contributed by atoms with Crippen LogP contribution in [-0.4, -0.2) is 4.98 Å². The van der Waals surface area contributed by atoms with Crippen LogP contribution < -0.4 is 5.73 Å². The van der Waals surface area contributed by atoms with Crippen molar-refractivity contribution in [1.29, 1.82) is 0 Å². The minimum absolute atomic E-state index is 0.499. The molecule has 0 atom stereocenters. The van der Waals surface area contributed by atoms with Gasteiger partial charge in [-0.1, -0.05) is 23.7 Å². The van der Waals surface area contributed by atoms with Crippen molar-refractivity contribution in [3.05, 3.63) is 38.8 Å². The highest BCUT2D eigenvalue weighted by molar-refractivity contribution is 9.10. The van der Waals surface area contributed by atoms with Gasteiger partial charge in [-0.25, -0.2) is 4.98 Å². The van der Waals surface area contributed by atoms with E-state index in [0.717, 1.165) is 20.1 Å². The van der Waals surface area contributed by atoms with Crippen molar-refractivity contribution in [2.75, 3.05) is 0 Å². The summed E-state index contributed by atoms with van der Waals surface area (Å²) in [6.07, 6.45) is 0. The summed E-state index contributed by atoms with van der Waals surface area (Å²) in [5.41, 5.74) is 6.61. The summed E-state index contributed by atoms with van der Waals surface area (Å²) in [4.78, 5) is 5.44. The molecule has 2 nitrogen and oxygen atoms in total. The second kappa shape index (κ2) is 4.61. The Kier molecular flexibility index (Phi) is 3.41. The number of halogens is 2. The molecule has 0 saturated carbocycles. The van der Waals surface area contributed by atoms with Gasteiger partial charge in [-0.3, -0.25) is 0 Å². The molecule has 2 rings (SSSR count). The first-order chi connectivity index (χ1) is 7.20. The van der Waals surface area contributed by atoms with E-state index in [1.807, 2.05) is 24.3 Å². The molecule has 15 heavy (non-hydrogen) atoms. The number of nitrogens with zero attached hydrogens (tertiary/aromatic N) is 1. The first-order valence-corrected chi connectivity index (χ1v) is 6.30. The molecule has 78 valence electrons. The summed E-state index contributed by atoms with van der Waals surface area (Å²) in [6, 6.07) is 7.64. The molecule has 2 N–H and O–H groups in total. The van der Waals surface area contributed by atoms with Crippen LogP contribution in [-0.2, 0) is 6.54 Å². The summed E-state index contributed by atoms with van der Waals surface area (Å²) in [7, 11) is 0. The Labute approximate surface area is 105 Å². The van der Waals surface area contributed by atoms with Gasteiger partial charge in [0.05, 0.1) is 4.88 Å². The zero-order valence-electron chi connectivity index (χ0n) is 7.71. The minimum Gasteiger partial charge on any atom is -0.326 e. The van der Waals surface area contributed by atoms with E-state index in [1.54, 1.807) is 11.3 Å². The maximum absolute atomic E-state index is 5.92.